The van der Waals surface area contributed by atoms with Crippen LogP contribution in [0.2, 0.25) is 0 Å². The second-order valence-corrected chi connectivity index (χ2v) is 10.7. The van der Waals surface area contributed by atoms with Crippen LogP contribution >= 0.6 is 0 Å². The van der Waals surface area contributed by atoms with Crippen LogP contribution in [0.4, 0.5) is 4.39 Å². The summed E-state index contributed by atoms with van der Waals surface area (Å²) in [4.78, 5) is 14.2. The zero-order valence-electron chi connectivity index (χ0n) is 23.7. The molecule has 0 bridgehead atoms. The number of methoxy groups -OCH3 is 2. The van der Waals surface area contributed by atoms with Crippen LogP contribution in [0.15, 0.2) is 60.7 Å². The molecule has 1 heterocycles. The summed E-state index contributed by atoms with van der Waals surface area (Å²) in [6.45, 7) is 7.68. The summed E-state index contributed by atoms with van der Waals surface area (Å²) in [5.74, 6) is 0.904. The largest absolute Gasteiger partial charge is 0.497 e. The fourth-order valence-electron chi connectivity index (χ4n) is 5.48. The Hall–Kier alpha value is -3.38. The lowest BCUT2D eigenvalue weighted by Gasteiger charge is -2.39. The first-order valence-corrected chi connectivity index (χ1v) is 13.8. The summed E-state index contributed by atoms with van der Waals surface area (Å²) in [7, 11) is 3.00. The Balaban J connectivity index is 1.60. The second kappa shape index (κ2) is 13.1. The lowest BCUT2D eigenvalue weighted by atomic mass is 9.93. The van der Waals surface area contributed by atoms with Gasteiger partial charge in [0.1, 0.15) is 23.9 Å². The van der Waals surface area contributed by atoms with Crippen molar-refractivity contribution in [1.29, 1.82) is 0 Å². The van der Waals surface area contributed by atoms with Gasteiger partial charge in [0.2, 0.25) is 0 Å². The van der Waals surface area contributed by atoms with Crippen LogP contribution < -0.4 is 9.47 Å². The molecule has 6 heteroatoms. The maximum absolute atomic E-state index is 15.1. The number of likely N-dealkylation sites (tertiary alicyclic amines) is 1. The Labute approximate surface area is 231 Å². The zero-order chi connectivity index (χ0) is 27.9. The van der Waals surface area contributed by atoms with Crippen LogP contribution in [-0.2, 0) is 22.7 Å². The smallest absolute Gasteiger partial charge is 0.306 e. The van der Waals surface area contributed by atoms with E-state index in [4.69, 9.17) is 14.2 Å². The molecule has 0 radical (unpaired) electrons. The topological polar surface area (TPSA) is 48.0 Å². The van der Waals surface area contributed by atoms with E-state index in [1.807, 2.05) is 43.3 Å². The number of halogens is 1. The van der Waals surface area contributed by atoms with Gasteiger partial charge in [0.25, 0.3) is 0 Å². The van der Waals surface area contributed by atoms with Crippen LogP contribution in [0.3, 0.4) is 0 Å². The van der Waals surface area contributed by atoms with Crippen molar-refractivity contribution in [3.63, 3.8) is 0 Å². The fourth-order valence-corrected chi connectivity index (χ4v) is 5.48. The number of hydrogen-bond donors (Lipinski definition) is 0. The molecule has 1 saturated heterocycles. The van der Waals surface area contributed by atoms with Crippen LogP contribution in [0, 0.1) is 5.82 Å². The van der Waals surface area contributed by atoms with E-state index in [0.29, 0.717) is 36.4 Å². The number of rotatable bonds is 10. The molecule has 39 heavy (non-hydrogen) atoms. The third-order valence-corrected chi connectivity index (χ3v) is 7.90. The van der Waals surface area contributed by atoms with E-state index in [-0.39, 0.29) is 17.7 Å². The van der Waals surface area contributed by atoms with Crippen LogP contribution in [0.5, 0.6) is 11.5 Å². The first-order valence-electron chi connectivity index (χ1n) is 13.8. The lowest BCUT2D eigenvalue weighted by molar-refractivity contribution is -0.140. The van der Waals surface area contributed by atoms with Crippen molar-refractivity contribution < 1.29 is 23.4 Å². The third-order valence-electron chi connectivity index (χ3n) is 7.90. The van der Waals surface area contributed by atoms with Gasteiger partial charge in [-0.15, -0.1) is 0 Å². The maximum Gasteiger partial charge on any atom is 0.306 e. The number of benzene rings is 3. The first-order chi connectivity index (χ1) is 18.8. The summed E-state index contributed by atoms with van der Waals surface area (Å²) in [5, 5.41) is 0. The normalized spacial score (nSPS) is 18.4. The Morgan fingerprint density at radius 1 is 0.974 bits per heavy atom. The van der Waals surface area contributed by atoms with Gasteiger partial charge in [-0.3, -0.25) is 9.69 Å². The van der Waals surface area contributed by atoms with Gasteiger partial charge >= 0.3 is 5.97 Å². The van der Waals surface area contributed by atoms with Gasteiger partial charge in [0.15, 0.2) is 0 Å². The van der Waals surface area contributed by atoms with Gasteiger partial charge < -0.3 is 14.2 Å². The Kier molecular flexibility index (Phi) is 9.63. The highest BCUT2D eigenvalue weighted by atomic mass is 19.1. The average Bonchev–Trinajstić information content (AvgIpc) is 2.94. The molecule has 3 aromatic carbocycles. The monoisotopic (exact) mass is 533 g/mol. The summed E-state index contributed by atoms with van der Waals surface area (Å²) >= 11 is 0. The average molecular weight is 534 g/mol. The number of carbonyl (C=O) groups is 1. The molecular formula is C33H40FNO4. The van der Waals surface area contributed by atoms with Crippen molar-refractivity contribution in [2.45, 2.75) is 77.6 Å². The molecule has 0 aromatic heterocycles. The minimum Gasteiger partial charge on any atom is -0.497 e. The third kappa shape index (κ3) is 7.18. The van der Waals surface area contributed by atoms with Crippen LogP contribution in [0.1, 0.15) is 69.1 Å². The van der Waals surface area contributed by atoms with Gasteiger partial charge in [-0.2, -0.15) is 0 Å². The highest BCUT2D eigenvalue weighted by Crippen LogP contribution is 2.34. The van der Waals surface area contributed by atoms with E-state index in [1.54, 1.807) is 19.2 Å². The number of ether oxygens (including phenoxy) is 3. The summed E-state index contributed by atoms with van der Waals surface area (Å²) in [6.07, 6.45) is 3.89. The molecule has 3 atom stereocenters. The summed E-state index contributed by atoms with van der Waals surface area (Å²) in [5.41, 5.74) is 4.53. The molecule has 3 aromatic rings. The second-order valence-electron chi connectivity index (χ2n) is 10.7. The number of esters is 1. The molecule has 1 aliphatic heterocycles. The first kappa shape index (κ1) is 28.6. The van der Waals surface area contributed by atoms with Crippen molar-refractivity contribution in [2.24, 2.45) is 0 Å². The predicted molar refractivity (Wildman–Crippen MR) is 153 cm³/mol. The van der Waals surface area contributed by atoms with Gasteiger partial charge in [-0.1, -0.05) is 43.7 Å². The van der Waals surface area contributed by atoms with Gasteiger partial charge in [-0.05, 0) is 85.2 Å². The number of piperidine rings is 1. The number of carbonyl (C=O) groups excluding carboxylic acids is 1. The van der Waals surface area contributed by atoms with Gasteiger partial charge in [0.05, 0.1) is 20.6 Å². The minimum atomic E-state index is -0.265. The molecule has 0 aliphatic carbocycles. The van der Waals surface area contributed by atoms with Crippen LogP contribution in [0.25, 0.3) is 11.1 Å². The van der Waals surface area contributed by atoms with E-state index >= 15 is 4.39 Å². The molecule has 0 saturated carbocycles. The van der Waals surface area contributed by atoms with E-state index in [1.165, 1.54) is 32.4 Å². The van der Waals surface area contributed by atoms with Crippen molar-refractivity contribution in [3.8, 4) is 22.6 Å². The Bertz CT molecular complexity index is 1270. The van der Waals surface area contributed by atoms with Crippen molar-refractivity contribution in [3.05, 3.63) is 83.2 Å². The SMILES string of the molecule is COC(=O)C[C@@H](C)c1cccc(OCc2ccc(-c3cc(OC)ccc3F)c(CN3[C@H](C)CCC[C@H]3C)c2)c1. The number of hydrogen-bond acceptors (Lipinski definition) is 5. The zero-order valence-corrected chi connectivity index (χ0v) is 23.7. The molecule has 1 fully saturated rings. The molecule has 4 rings (SSSR count). The molecule has 0 N–H and O–H groups in total. The highest BCUT2D eigenvalue weighted by Gasteiger charge is 2.26. The van der Waals surface area contributed by atoms with Crippen molar-refractivity contribution in [2.75, 3.05) is 14.2 Å². The standard InChI is InChI=1S/C33H40FNO4/c1-22(16-33(36)38-5)26-10-7-11-29(18-26)39-21-25-12-14-30(31-19-28(37-4)13-15-32(31)34)27(17-25)20-35-23(2)8-6-9-24(35)3/h7,10-15,17-19,22-24H,6,8-9,16,20-21H2,1-5H3/t22-,23-,24-/m1/s1. The van der Waals surface area contributed by atoms with Crippen molar-refractivity contribution >= 4 is 5.97 Å². The highest BCUT2D eigenvalue weighted by molar-refractivity contribution is 5.71. The van der Waals surface area contributed by atoms with E-state index in [9.17, 15) is 4.79 Å². The fraction of sp³-hybridized carbons (Fsp3) is 0.424. The quantitative estimate of drug-likeness (QED) is 0.252. The van der Waals surface area contributed by atoms with Crippen molar-refractivity contribution in [1.82, 2.24) is 4.90 Å². The molecule has 0 amide bonds. The Morgan fingerprint density at radius 3 is 2.46 bits per heavy atom. The summed E-state index contributed by atoms with van der Waals surface area (Å²) in [6, 6.07) is 19.8. The molecular weight excluding hydrogens is 493 g/mol. The van der Waals surface area contributed by atoms with E-state index < -0.39 is 0 Å². The van der Waals surface area contributed by atoms with Gasteiger partial charge in [-0.25, -0.2) is 4.39 Å². The Morgan fingerprint density at radius 2 is 1.74 bits per heavy atom. The lowest BCUT2D eigenvalue weighted by Crippen LogP contribution is -2.43. The molecule has 5 nitrogen and oxygen atoms in total. The van der Waals surface area contributed by atoms with E-state index in [0.717, 1.165) is 34.5 Å². The molecule has 208 valence electrons. The molecule has 0 spiro atoms. The minimum absolute atomic E-state index is 0.0261. The summed E-state index contributed by atoms with van der Waals surface area (Å²) < 4.78 is 31.5. The van der Waals surface area contributed by atoms with Crippen LogP contribution in [-0.4, -0.2) is 37.2 Å². The maximum atomic E-state index is 15.1. The molecule has 1 aliphatic rings. The molecule has 0 unspecified atom stereocenters. The predicted octanol–water partition coefficient (Wildman–Crippen LogP) is 7.51. The number of nitrogens with zero attached hydrogens (tertiary/aromatic N) is 1. The van der Waals surface area contributed by atoms with Gasteiger partial charge in [0, 0.05) is 24.2 Å². The van der Waals surface area contributed by atoms with E-state index in [2.05, 4.69) is 24.8 Å².